The zero-order valence-electron chi connectivity index (χ0n) is 10.4. The van der Waals surface area contributed by atoms with Crippen molar-refractivity contribution in [1.29, 1.82) is 0 Å². The molecule has 1 unspecified atom stereocenters. The molecular formula is C13H21N3S. The van der Waals surface area contributed by atoms with Crippen LogP contribution in [0.1, 0.15) is 25.0 Å². The SMILES string of the molecule is CSC1CCCN(c2cccc(CN)n2)CC1. The summed E-state index contributed by atoms with van der Waals surface area (Å²) in [5.41, 5.74) is 6.62. The molecule has 1 aromatic heterocycles. The maximum atomic E-state index is 5.64. The molecule has 2 rings (SSSR count). The van der Waals surface area contributed by atoms with Crippen LogP contribution in [0.4, 0.5) is 5.82 Å². The van der Waals surface area contributed by atoms with Crippen molar-refractivity contribution in [3.63, 3.8) is 0 Å². The third-order valence-corrected chi connectivity index (χ3v) is 4.47. The lowest BCUT2D eigenvalue weighted by atomic mass is 10.2. The average molecular weight is 251 g/mol. The van der Waals surface area contributed by atoms with E-state index in [0.29, 0.717) is 6.54 Å². The number of thioether (sulfide) groups is 1. The highest BCUT2D eigenvalue weighted by Gasteiger charge is 2.17. The summed E-state index contributed by atoms with van der Waals surface area (Å²) in [6.07, 6.45) is 6.07. The van der Waals surface area contributed by atoms with E-state index in [1.165, 1.54) is 19.3 Å². The third-order valence-electron chi connectivity index (χ3n) is 3.33. The lowest BCUT2D eigenvalue weighted by Crippen LogP contribution is -2.25. The van der Waals surface area contributed by atoms with Gasteiger partial charge in [-0.15, -0.1) is 0 Å². The van der Waals surface area contributed by atoms with Crippen LogP contribution in [0.15, 0.2) is 18.2 Å². The van der Waals surface area contributed by atoms with Gasteiger partial charge in [0.25, 0.3) is 0 Å². The van der Waals surface area contributed by atoms with Crippen molar-refractivity contribution >= 4 is 17.6 Å². The number of nitrogens with two attached hydrogens (primary N) is 1. The van der Waals surface area contributed by atoms with E-state index in [9.17, 15) is 0 Å². The highest BCUT2D eigenvalue weighted by atomic mass is 32.2. The Bertz CT molecular complexity index is 356. The fourth-order valence-electron chi connectivity index (χ4n) is 2.29. The second-order valence-corrected chi connectivity index (χ2v) is 5.60. The van der Waals surface area contributed by atoms with Crippen LogP contribution in [0.2, 0.25) is 0 Å². The minimum Gasteiger partial charge on any atom is -0.357 e. The number of aromatic nitrogens is 1. The number of hydrogen-bond donors (Lipinski definition) is 1. The van der Waals surface area contributed by atoms with E-state index in [4.69, 9.17) is 5.73 Å². The zero-order valence-corrected chi connectivity index (χ0v) is 11.2. The summed E-state index contributed by atoms with van der Waals surface area (Å²) in [6, 6.07) is 6.14. The molecule has 1 aromatic rings. The molecule has 2 N–H and O–H groups in total. The Morgan fingerprint density at radius 3 is 3.06 bits per heavy atom. The van der Waals surface area contributed by atoms with E-state index in [2.05, 4.69) is 28.3 Å². The third kappa shape index (κ3) is 3.36. The molecule has 94 valence electrons. The van der Waals surface area contributed by atoms with Gasteiger partial charge in [0.1, 0.15) is 5.82 Å². The predicted octanol–water partition coefficient (Wildman–Crippen LogP) is 2.26. The van der Waals surface area contributed by atoms with Gasteiger partial charge in [0, 0.05) is 24.9 Å². The normalized spacial score (nSPS) is 21.3. The van der Waals surface area contributed by atoms with Crippen molar-refractivity contribution in [1.82, 2.24) is 4.98 Å². The van der Waals surface area contributed by atoms with Crippen molar-refractivity contribution in [2.75, 3.05) is 24.2 Å². The first-order chi connectivity index (χ1) is 8.33. The zero-order chi connectivity index (χ0) is 12.1. The van der Waals surface area contributed by atoms with Crippen LogP contribution in [-0.4, -0.2) is 29.6 Å². The standard InChI is InChI=1S/C13H21N3S/c1-17-12-5-3-8-16(9-7-12)13-6-2-4-11(10-14)15-13/h2,4,6,12H,3,5,7-10,14H2,1H3. The highest BCUT2D eigenvalue weighted by Crippen LogP contribution is 2.23. The summed E-state index contributed by atoms with van der Waals surface area (Å²) in [5, 5.41) is 0.817. The van der Waals surface area contributed by atoms with Gasteiger partial charge in [-0.25, -0.2) is 4.98 Å². The van der Waals surface area contributed by atoms with E-state index in [-0.39, 0.29) is 0 Å². The molecule has 3 nitrogen and oxygen atoms in total. The van der Waals surface area contributed by atoms with Crippen molar-refractivity contribution in [3.05, 3.63) is 23.9 Å². The second kappa shape index (κ2) is 6.26. The smallest absolute Gasteiger partial charge is 0.128 e. The fourth-order valence-corrected chi connectivity index (χ4v) is 3.03. The van der Waals surface area contributed by atoms with Gasteiger partial charge in [-0.3, -0.25) is 0 Å². The minimum atomic E-state index is 0.523. The van der Waals surface area contributed by atoms with Gasteiger partial charge < -0.3 is 10.6 Å². The average Bonchev–Trinajstić information content (AvgIpc) is 2.64. The number of hydrogen-bond acceptors (Lipinski definition) is 4. The van der Waals surface area contributed by atoms with Gasteiger partial charge in [0.15, 0.2) is 0 Å². The first-order valence-corrected chi connectivity index (χ1v) is 7.56. The molecule has 0 aliphatic carbocycles. The molecule has 17 heavy (non-hydrogen) atoms. The number of pyridine rings is 1. The van der Waals surface area contributed by atoms with Gasteiger partial charge in [-0.1, -0.05) is 6.07 Å². The summed E-state index contributed by atoms with van der Waals surface area (Å²) in [5.74, 6) is 1.09. The van der Waals surface area contributed by atoms with Gasteiger partial charge >= 0.3 is 0 Å². The maximum absolute atomic E-state index is 5.64. The Balaban J connectivity index is 2.05. The molecule has 1 aliphatic heterocycles. The van der Waals surface area contributed by atoms with Crippen molar-refractivity contribution < 1.29 is 0 Å². The predicted molar refractivity (Wildman–Crippen MR) is 75.5 cm³/mol. The molecule has 1 fully saturated rings. The molecule has 1 aliphatic rings. The van der Waals surface area contributed by atoms with Crippen LogP contribution in [0.5, 0.6) is 0 Å². The molecule has 1 atom stereocenters. The number of nitrogens with zero attached hydrogens (tertiary/aromatic N) is 2. The first-order valence-electron chi connectivity index (χ1n) is 6.27. The Hall–Kier alpha value is -0.740. The fraction of sp³-hybridized carbons (Fsp3) is 0.615. The topological polar surface area (TPSA) is 42.1 Å². The Morgan fingerprint density at radius 2 is 2.29 bits per heavy atom. The molecule has 0 aromatic carbocycles. The summed E-state index contributed by atoms with van der Waals surface area (Å²) < 4.78 is 0. The molecule has 0 amide bonds. The number of rotatable bonds is 3. The molecule has 0 radical (unpaired) electrons. The molecule has 0 saturated carbocycles. The van der Waals surface area contributed by atoms with Crippen LogP contribution in [0.3, 0.4) is 0 Å². The maximum Gasteiger partial charge on any atom is 0.128 e. The summed E-state index contributed by atoms with van der Waals surface area (Å²) in [6.45, 7) is 2.76. The Kier molecular flexibility index (Phi) is 4.68. The van der Waals surface area contributed by atoms with Crippen molar-refractivity contribution in [2.24, 2.45) is 5.73 Å². The lowest BCUT2D eigenvalue weighted by Gasteiger charge is -2.22. The molecule has 2 heterocycles. The van der Waals surface area contributed by atoms with Crippen LogP contribution < -0.4 is 10.6 Å². The summed E-state index contributed by atoms with van der Waals surface area (Å²) in [7, 11) is 0. The molecule has 4 heteroatoms. The van der Waals surface area contributed by atoms with E-state index in [0.717, 1.165) is 29.9 Å². The van der Waals surface area contributed by atoms with E-state index < -0.39 is 0 Å². The molecule has 0 bridgehead atoms. The highest BCUT2D eigenvalue weighted by molar-refractivity contribution is 7.99. The van der Waals surface area contributed by atoms with Gasteiger partial charge in [0.2, 0.25) is 0 Å². The summed E-state index contributed by atoms with van der Waals surface area (Å²) >= 11 is 2.00. The second-order valence-electron chi connectivity index (χ2n) is 4.47. The molecule has 1 saturated heterocycles. The Morgan fingerprint density at radius 1 is 1.41 bits per heavy atom. The van der Waals surface area contributed by atoms with E-state index in [1.54, 1.807) is 0 Å². The van der Waals surface area contributed by atoms with Crippen LogP contribution in [0.25, 0.3) is 0 Å². The van der Waals surface area contributed by atoms with Crippen LogP contribution in [0, 0.1) is 0 Å². The number of anilines is 1. The first kappa shape index (κ1) is 12.7. The van der Waals surface area contributed by atoms with Crippen LogP contribution in [-0.2, 0) is 6.54 Å². The van der Waals surface area contributed by atoms with E-state index >= 15 is 0 Å². The Labute approximate surface area is 108 Å². The largest absolute Gasteiger partial charge is 0.357 e. The van der Waals surface area contributed by atoms with Gasteiger partial charge in [-0.05, 0) is 37.7 Å². The summed E-state index contributed by atoms with van der Waals surface area (Å²) in [4.78, 5) is 7.00. The quantitative estimate of drug-likeness (QED) is 0.895. The van der Waals surface area contributed by atoms with E-state index in [1.807, 2.05) is 17.8 Å². The molecular weight excluding hydrogens is 230 g/mol. The van der Waals surface area contributed by atoms with Crippen molar-refractivity contribution in [2.45, 2.75) is 31.1 Å². The van der Waals surface area contributed by atoms with Gasteiger partial charge in [-0.2, -0.15) is 11.8 Å². The lowest BCUT2D eigenvalue weighted by molar-refractivity contribution is 0.745. The van der Waals surface area contributed by atoms with Crippen molar-refractivity contribution in [3.8, 4) is 0 Å². The van der Waals surface area contributed by atoms with Crippen LogP contribution >= 0.6 is 11.8 Å². The minimum absolute atomic E-state index is 0.523. The molecule has 0 spiro atoms. The van der Waals surface area contributed by atoms with Gasteiger partial charge in [0.05, 0.1) is 5.69 Å². The monoisotopic (exact) mass is 251 g/mol.